The SMILES string of the molecule is COc1cc(O)c(Cl)c(C2(CN)CCC2)c1OC. The molecule has 1 saturated carbocycles. The van der Waals surface area contributed by atoms with Crippen LogP contribution in [0.5, 0.6) is 17.2 Å². The first kappa shape index (κ1) is 13.3. The second kappa shape index (κ2) is 4.86. The Kier molecular flexibility index (Phi) is 3.59. The van der Waals surface area contributed by atoms with Crippen molar-refractivity contribution in [1.29, 1.82) is 0 Å². The summed E-state index contributed by atoms with van der Waals surface area (Å²) in [4.78, 5) is 0. The van der Waals surface area contributed by atoms with Crippen molar-refractivity contribution in [3.05, 3.63) is 16.7 Å². The van der Waals surface area contributed by atoms with E-state index in [4.69, 9.17) is 26.8 Å². The van der Waals surface area contributed by atoms with Crippen molar-refractivity contribution < 1.29 is 14.6 Å². The van der Waals surface area contributed by atoms with E-state index in [0.717, 1.165) is 24.8 Å². The van der Waals surface area contributed by atoms with E-state index < -0.39 is 0 Å². The second-order valence-corrected chi connectivity index (χ2v) is 5.04. The Morgan fingerprint density at radius 2 is 2.06 bits per heavy atom. The van der Waals surface area contributed by atoms with Crippen LogP contribution in [0.25, 0.3) is 0 Å². The van der Waals surface area contributed by atoms with E-state index in [2.05, 4.69) is 0 Å². The zero-order valence-electron chi connectivity index (χ0n) is 10.6. The number of aromatic hydroxyl groups is 1. The largest absolute Gasteiger partial charge is 0.506 e. The van der Waals surface area contributed by atoms with E-state index in [1.807, 2.05) is 0 Å². The van der Waals surface area contributed by atoms with Gasteiger partial charge in [0, 0.05) is 23.6 Å². The quantitative estimate of drug-likeness (QED) is 0.883. The maximum absolute atomic E-state index is 9.90. The lowest BCUT2D eigenvalue weighted by molar-refractivity contribution is 0.239. The summed E-state index contributed by atoms with van der Waals surface area (Å²) in [7, 11) is 3.10. The number of ether oxygens (including phenoxy) is 2. The highest BCUT2D eigenvalue weighted by atomic mass is 35.5. The minimum Gasteiger partial charge on any atom is -0.506 e. The minimum absolute atomic E-state index is 0.00374. The fourth-order valence-electron chi connectivity index (χ4n) is 2.59. The predicted molar refractivity (Wildman–Crippen MR) is 70.8 cm³/mol. The first-order valence-corrected chi connectivity index (χ1v) is 6.31. The molecule has 0 aromatic heterocycles. The molecule has 0 amide bonds. The molecule has 0 bridgehead atoms. The summed E-state index contributed by atoms with van der Waals surface area (Å²) in [5.74, 6) is 1.06. The van der Waals surface area contributed by atoms with E-state index >= 15 is 0 Å². The minimum atomic E-state index is -0.200. The fraction of sp³-hybridized carbons (Fsp3) is 0.538. The Morgan fingerprint density at radius 1 is 1.39 bits per heavy atom. The Balaban J connectivity index is 2.66. The number of methoxy groups -OCH3 is 2. The van der Waals surface area contributed by atoms with Gasteiger partial charge in [-0.05, 0) is 12.8 Å². The van der Waals surface area contributed by atoms with Crippen LogP contribution in [0.2, 0.25) is 5.02 Å². The van der Waals surface area contributed by atoms with E-state index in [1.165, 1.54) is 13.2 Å². The number of phenols is 1. The lowest BCUT2D eigenvalue weighted by atomic mass is 9.64. The number of hydrogen-bond acceptors (Lipinski definition) is 4. The number of halogens is 1. The van der Waals surface area contributed by atoms with Crippen LogP contribution in [-0.2, 0) is 5.41 Å². The zero-order chi connectivity index (χ0) is 13.3. The number of rotatable bonds is 4. The van der Waals surface area contributed by atoms with Crippen LogP contribution in [0.15, 0.2) is 6.07 Å². The van der Waals surface area contributed by atoms with Crippen LogP contribution in [-0.4, -0.2) is 25.9 Å². The third-order valence-electron chi connectivity index (χ3n) is 3.82. The van der Waals surface area contributed by atoms with E-state index in [0.29, 0.717) is 23.1 Å². The molecular formula is C13H18ClNO3. The molecule has 1 aliphatic rings. The monoisotopic (exact) mass is 271 g/mol. The van der Waals surface area contributed by atoms with Crippen LogP contribution in [0.4, 0.5) is 0 Å². The van der Waals surface area contributed by atoms with Crippen LogP contribution >= 0.6 is 11.6 Å². The molecule has 4 nitrogen and oxygen atoms in total. The highest BCUT2D eigenvalue weighted by Crippen LogP contribution is 2.54. The topological polar surface area (TPSA) is 64.7 Å². The van der Waals surface area contributed by atoms with Gasteiger partial charge in [-0.3, -0.25) is 0 Å². The summed E-state index contributed by atoms with van der Waals surface area (Å²) >= 11 is 6.24. The van der Waals surface area contributed by atoms with Gasteiger partial charge in [0.25, 0.3) is 0 Å². The summed E-state index contributed by atoms with van der Waals surface area (Å²) in [6.45, 7) is 0.482. The zero-order valence-corrected chi connectivity index (χ0v) is 11.4. The van der Waals surface area contributed by atoms with Crippen molar-refractivity contribution in [1.82, 2.24) is 0 Å². The molecule has 18 heavy (non-hydrogen) atoms. The molecule has 0 spiro atoms. The summed E-state index contributed by atoms with van der Waals surface area (Å²) in [6.07, 6.45) is 3.01. The molecule has 0 atom stereocenters. The van der Waals surface area contributed by atoms with Gasteiger partial charge < -0.3 is 20.3 Å². The standard InChI is InChI=1S/C13H18ClNO3/c1-17-9-6-8(16)11(14)10(12(9)18-2)13(7-15)4-3-5-13/h6,16H,3-5,7,15H2,1-2H3. The Bertz CT molecular complexity index is 453. The average molecular weight is 272 g/mol. The van der Waals surface area contributed by atoms with Gasteiger partial charge in [-0.1, -0.05) is 18.0 Å². The molecule has 1 fully saturated rings. The molecular weight excluding hydrogens is 254 g/mol. The fourth-order valence-corrected chi connectivity index (χ4v) is 2.93. The normalized spacial score (nSPS) is 17.1. The van der Waals surface area contributed by atoms with Crippen molar-refractivity contribution in [2.45, 2.75) is 24.7 Å². The molecule has 0 radical (unpaired) electrons. The maximum atomic E-state index is 9.90. The van der Waals surface area contributed by atoms with Crippen LogP contribution in [0, 0.1) is 0 Å². The third-order valence-corrected chi connectivity index (χ3v) is 4.20. The van der Waals surface area contributed by atoms with Gasteiger partial charge in [-0.25, -0.2) is 0 Å². The number of benzene rings is 1. The molecule has 3 N–H and O–H groups in total. The van der Waals surface area contributed by atoms with Gasteiger partial charge in [-0.2, -0.15) is 0 Å². The van der Waals surface area contributed by atoms with Crippen LogP contribution in [0.3, 0.4) is 0 Å². The number of phenolic OH excluding ortho intramolecular Hbond substituents is 1. The molecule has 1 aliphatic carbocycles. The lowest BCUT2D eigenvalue weighted by Crippen LogP contribution is -2.42. The van der Waals surface area contributed by atoms with Crippen molar-refractivity contribution in [2.75, 3.05) is 20.8 Å². The van der Waals surface area contributed by atoms with E-state index in [1.54, 1.807) is 7.11 Å². The van der Waals surface area contributed by atoms with Crippen molar-refractivity contribution in [3.8, 4) is 17.2 Å². The van der Waals surface area contributed by atoms with Gasteiger partial charge in [0.2, 0.25) is 0 Å². The highest BCUT2D eigenvalue weighted by Gasteiger charge is 2.42. The molecule has 1 aromatic carbocycles. The number of nitrogens with two attached hydrogens (primary N) is 1. The maximum Gasteiger partial charge on any atom is 0.166 e. The van der Waals surface area contributed by atoms with Crippen molar-refractivity contribution in [2.24, 2.45) is 5.73 Å². The Hall–Kier alpha value is -1.13. The number of hydrogen-bond donors (Lipinski definition) is 2. The van der Waals surface area contributed by atoms with Gasteiger partial charge in [0.05, 0.1) is 19.2 Å². The van der Waals surface area contributed by atoms with Crippen molar-refractivity contribution >= 4 is 11.6 Å². The average Bonchev–Trinajstić information content (AvgIpc) is 2.33. The van der Waals surface area contributed by atoms with Crippen molar-refractivity contribution in [3.63, 3.8) is 0 Å². The highest BCUT2D eigenvalue weighted by molar-refractivity contribution is 6.33. The smallest absolute Gasteiger partial charge is 0.166 e. The Morgan fingerprint density at radius 3 is 2.44 bits per heavy atom. The molecule has 0 aliphatic heterocycles. The molecule has 2 rings (SSSR count). The first-order valence-electron chi connectivity index (χ1n) is 5.93. The summed E-state index contributed by atoms with van der Waals surface area (Å²) < 4.78 is 10.6. The van der Waals surface area contributed by atoms with E-state index in [-0.39, 0.29) is 11.2 Å². The molecule has 1 aromatic rings. The molecule has 0 heterocycles. The summed E-state index contributed by atoms with van der Waals surface area (Å²) in [5, 5.41) is 10.2. The third kappa shape index (κ3) is 1.80. The second-order valence-electron chi connectivity index (χ2n) is 4.66. The Labute approximate surface area is 112 Å². The van der Waals surface area contributed by atoms with E-state index in [9.17, 15) is 5.11 Å². The van der Waals surface area contributed by atoms with Gasteiger partial charge in [0.15, 0.2) is 11.5 Å². The predicted octanol–water partition coefficient (Wildman–Crippen LogP) is 2.44. The molecule has 5 heteroatoms. The lowest BCUT2D eigenvalue weighted by Gasteiger charge is -2.42. The van der Waals surface area contributed by atoms with Crippen LogP contribution in [0.1, 0.15) is 24.8 Å². The first-order chi connectivity index (χ1) is 8.59. The molecule has 0 saturated heterocycles. The molecule has 100 valence electrons. The summed E-state index contributed by atoms with van der Waals surface area (Å²) in [6, 6.07) is 1.47. The van der Waals surface area contributed by atoms with Gasteiger partial charge in [0.1, 0.15) is 5.75 Å². The molecule has 0 unspecified atom stereocenters. The van der Waals surface area contributed by atoms with Crippen LogP contribution < -0.4 is 15.2 Å². The van der Waals surface area contributed by atoms with Gasteiger partial charge in [-0.15, -0.1) is 0 Å². The summed E-state index contributed by atoms with van der Waals surface area (Å²) in [5.41, 5.74) is 6.47. The van der Waals surface area contributed by atoms with Gasteiger partial charge >= 0.3 is 0 Å².